The lowest BCUT2D eigenvalue weighted by Gasteiger charge is -2.18. The average Bonchev–Trinajstić information content (AvgIpc) is 2.38. The van der Waals surface area contributed by atoms with Crippen LogP contribution in [-0.4, -0.2) is 24.2 Å². The first-order valence-electron chi connectivity index (χ1n) is 7.14. The lowest BCUT2D eigenvalue weighted by atomic mass is 9.94. The van der Waals surface area contributed by atoms with Crippen molar-refractivity contribution >= 4 is 5.91 Å². The molecule has 0 spiro atoms. The summed E-state index contributed by atoms with van der Waals surface area (Å²) in [6, 6.07) is 6.31. The SMILES string of the molecule is CC(C)CC(CCO)CNC(=O)Cc1ccccc1F. The van der Waals surface area contributed by atoms with E-state index in [1.807, 2.05) is 0 Å². The van der Waals surface area contributed by atoms with Crippen LogP contribution in [0.3, 0.4) is 0 Å². The van der Waals surface area contributed by atoms with Gasteiger partial charge in [-0.15, -0.1) is 0 Å². The molecule has 1 aromatic rings. The summed E-state index contributed by atoms with van der Waals surface area (Å²) in [6.07, 6.45) is 1.69. The smallest absolute Gasteiger partial charge is 0.224 e. The third-order valence-electron chi connectivity index (χ3n) is 3.24. The quantitative estimate of drug-likeness (QED) is 0.769. The molecule has 4 heteroatoms. The van der Waals surface area contributed by atoms with Crippen LogP contribution in [0.25, 0.3) is 0 Å². The summed E-state index contributed by atoms with van der Waals surface area (Å²) in [5.74, 6) is 0.262. The maximum Gasteiger partial charge on any atom is 0.224 e. The number of aliphatic hydroxyl groups is 1. The van der Waals surface area contributed by atoms with Gasteiger partial charge in [0.2, 0.25) is 5.91 Å². The Bertz CT molecular complexity index is 421. The molecule has 20 heavy (non-hydrogen) atoms. The number of nitrogens with one attached hydrogen (secondary N) is 1. The highest BCUT2D eigenvalue weighted by Crippen LogP contribution is 2.14. The van der Waals surface area contributed by atoms with Crippen molar-refractivity contribution in [2.75, 3.05) is 13.2 Å². The molecule has 0 fully saturated rings. The van der Waals surface area contributed by atoms with E-state index in [-0.39, 0.29) is 30.7 Å². The Morgan fingerprint density at radius 1 is 1.35 bits per heavy atom. The van der Waals surface area contributed by atoms with Crippen LogP contribution >= 0.6 is 0 Å². The zero-order chi connectivity index (χ0) is 15.0. The summed E-state index contributed by atoms with van der Waals surface area (Å²) in [5.41, 5.74) is 0.410. The van der Waals surface area contributed by atoms with Crippen LogP contribution < -0.4 is 5.32 Å². The topological polar surface area (TPSA) is 49.3 Å². The van der Waals surface area contributed by atoms with Gasteiger partial charge in [-0.25, -0.2) is 4.39 Å². The van der Waals surface area contributed by atoms with Gasteiger partial charge in [-0.1, -0.05) is 32.0 Å². The third-order valence-corrected chi connectivity index (χ3v) is 3.24. The minimum Gasteiger partial charge on any atom is -0.396 e. The van der Waals surface area contributed by atoms with Crippen LogP contribution in [-0.2, 0) is 11.2 Å². The molecule has 0 saturated heterocycles. The molecule has 0 heterocycles. The summed E-state index contributed by atoms with van der Waals surface area (Å²) < 4.78 is 13.4. The Labute approximate surface area is 120 Å². The van der Waals surface area contributed by atoms with Gasteiger partial charge in [0, 0.05) is 13.2 Å². The first-order valence-corrected chi connectivity index (χ1v) is 7.14. The van der Waals surface area contributed by atoms with Crippen molar-refractivity contribution in [3.8, 4) is 0 Å². The molecular formula is C16H24FNO2. The maximum atomic E-state index is 13.4. The Morgan fingerprint density at radius 2 is 2.05 bits per heavy atom. The number of halogens is 1. The van der Waals surface area contributed by atoms with Crippen molar-refractivity contribution in [2.24, 2.45) is 11.8 Å². The Balaban J connectivity index is 2.43. The van der Waals surface area contributed by atoms with Crippen LogP contribution in [0.4, 0.5) is 4.39 Å². The van der Waals surface area contributed by atoms with Gasteiger partial charge >= 0.3 is 0 Å². The molecule has 0 radical (unpaired) electrons. The molecular weight excluding hydrogens is 257 g/mol. The molecule has 0 aliphatic heterocycles. The molecule has 0 bridgehead atoms. The fourth-order valence-corrected chi connectivity index (χ4v) is 2.29. The van der Waals surface area contributed by atoms with Gasteiger partial charge < -0.3 is 10.4 Å². The monoisotopic (exact) mass is 281 g/mol. The normalized spacial score (nSPS) is 12.4. The molecule has 0 saturated carbocycles. The molecule has 1 amide bonds. The molecule has 0 aliphatic carbocycles. The van der Waals surface area contributed by atoms with Crippen LogP contribution in [0, 0.1) is 17.7 Å². The summed E-state index contributed by atoms with van der Waals surface area (Å²) in [7, 11) is 0. The number of aliphatic hydroxyl groups excluding tert-OH is 1. The van der Waals surface area contributed by atoms with Gasteiger partial charge in [-0.3, -0.25) is 4.79 Å². The van der Waals surface area contributed by atoms with Crippen molar-refractivity contribution in [3.63, 3.8) is 0 Å². The third kappa shape index (κ3) is 6.15. The molecule has 0 aliphatic rings. The summed E-state index contributed by atoms with van der Waals surface area (Å²) >= 11 is 0. The minimum absolute atomic E-state index is 0.0558. The van der Waals surface area contributed by atoms with Crippen molar-refractivity contribution in [3.05, 3.63) is 35.6 Å². The molecule has 3 nitrogen and oxygen atoms in total. The number of hydrogen-bond acceptors (Lipinski definition) is 2. The molecule has 1 unspecified atom stereocenters. The predicted octanol–water partition coefficient (Wildman–Crippen LogP) is 2.53. The van der Waals surface area contributed by atoms with E-state index in [0.717, 1.165) is 6.42 Å². The Morgan fingerprint density at radius 3 is 2.65 bits per heavy atom. The lowest BCUT2D eigenvalue weighted by Crippen LogP contribution is -2.31. The second-order valence-corrected chi connectivity index (χ2v) is 5.58. The fourth-order valence-electron chi connectivity index (χ4n) is 2.29. The zero-order valence-corrected chi connectivity index (χ0v) is 12.2. The number of carbonyl (C=O) groups is 1. The van der Waals surface area contributed by atoms with E-state index in [4.69, 9.17) is 5.11 Å². The molecule has 1 atom stereocenters. The maximum absolute atomic E-state index is 13.4. The highest BCUT2D eigenvalue weighted by atomic mass is 19.1. The van der Waals surface area contributed by atoms with E-state index >= 15 is 0 Å². The Hall–Kier alpha value is -1.42. The minimum atomic E-state index is -0.350. The van der Waals surface area contributed by atoms with Gasteiger partial charge in [0.1, 0.15) is 5.82 Å². The zero-order valence-electron chi connectivity index (χ0n) is 12.2. The van der Waals surface area contributed by atoms with Crippen molar-refractivity contribution in [1.29, 1.82) is 0 Å². The Kier molecular flexibility index (Phi) is 7.23. The van der Waals surface area contributed by atoms with E-state index in [1.165, 1.54) is 6.07 Å². The molecule has 1 rings (SSSR count). The number of amides is 1. The molecule has 2 N–H and O–H groups in total. The van der Waals surface area contributed by atoms with E-state index in [0.29, 0.717) is 24.4 Å². The lowest BCUT2D eigenvalue weighted by molar-refractivity contribution is -0.120. The van der Waals surface area contributed by atoms with Crippen LogP contribution in [0.5, 0.6) is 0 Å². The number of rotatable bonds is 8. The van der Waals surface area contributed by atoms with Crippen molar-refractivity contribution < 1.29 is 14.3 Å². The van der Waals surface area contributed by atoms with Gasteiger partial charge in [0.05, 0.1) is 6.42 Å². The van der Waals surface area contributed by atoms with Crippen molar-refractivity contribution in [2.45, 2.75) is 33.1 Å². The standard InChI is InChI=1S/C16H24FNO2/c1-12(2)9-13(7-8-19)11-18-16(20)10-14-5-3-4-6-15(14)17/h3-6,12-13,19H,7-11H2,1-2H3,(H,18,20). The van der Waals surface area contributed by atoms with E-state index in [9.17, 15) is 9.18 Å². The fraction of sp³-hybridized carbons (Fsp3) is 0.562. The van der Waals surface area contributed by atoms with Crippen molar-refractivity contribution in [1.82, 2.24) is 5.32 Å². The van der Waals surface area contributed by atoms with Gasteiger partial charge in [0.25, 0.3) is 0 Å². The van der Waals surface area contributed by atoms with Gasteiger partial charge in [0.15, 0.2) is 0 Å². The van der Waals surface area contributed by atoms with E-state index in [1.54, 1.807) is 18.2 Å². The van der Waals surface area contributed by atoms with Gasteiger partial charge in [-0.2, -0.15) is 0 Å². The number of hydrogen-bond donors (Lipinski definition) is 2. The van der Waals surface area contributed by atoms with E-state index in [2.05, 4.69) is 19.2 Å². The number of carbonyl (C=O) groups excluding carboxylic acids is 1. The highest BCUT2D eigenvalue weighted by molar-refractivity contribution is 5.78. The second kappa shape index (κ2) is 8.69. The average molecular weight is 281 g/mol. The molecule has 1 aromatic carbocycles. The molecule has 112 valence electrons. The predicted molar refractivity (Wildman–Crippen MR) is 77.8 cm³/mol. The largest absolute Gasteiger partial charge is 0.396 e. The highest BCUT2D eigenvalue weighted by Gasteiger charge is 2.13. The second-order valence-electron chi connectivity index (χ2n) is 5.58. The van der Waals surface area contributed by atoms with Crippen LogP contribution in [0.1, 0.15) is 32.3 Å². The summed E-state index contributed by atoms with van der Waals surface area (Å²) in [6.45, 7) is 4.89. The molecule has 0 aromatic heterocycles. The van der Waals surface area contributed by atoms with Gasteiger partial charge in [-0.05, 0) is 36.3 Å². The first-order chi connectivity index (χ1) is 9.52. The van der Waals surface area contributed by atoms with Crippen LogP contribution in [0.15, 0.2) is 24.3 Å². The summed E-state index contributed by atoms with van der Waals surface area (Å²) in [4.78, 5) is 11.8. The first kappa shape index (κ1) is 16.6. The number of benzene rings is 1. The van der Waals surface area contributed by atoms with E-state index < -0.39 is 0 Å². The summed E-state index contributed by atoms with van der Waals surface area (Å²) in [5, 5.41) is 11.9. The van der Waals surface area contributed by atoms with Crippen LogP contribution in [0.2, 0.25) is 0 Å².